The van der Waals surface area contributed by atoms with Crippen molar-refractivity contribution < 1.29 is 9.59 Å². The largest absolute Gasteiger partial charge is 0.322 e. The minimum Gasteiger partial charge on any atom is -0.322 e. The molecule has 0 aliphatic rings. The standard InChI is InChI=1S/C15H11BrClNO2/c1-9(19)10-2-5-12(6-3-10)18-15(20)13-7-4-11(16)8-14(13)17/h2-8H,1H3,(H,18,20). The zero-order chi connectivity index (χ0) is 14.7. The summed E-state index contributed by atoms with van der Waals surface area (Å²) >= 11 is 9.31. The molecular formula is C15H11BrClNO2. The lowest BCUT2D eigenvalue weighted by Gasteiger charge is -2.07. The predicted octanol–water partition coefficient (Wildman–Crippen LogP) is 4.56. The van der Waals surface area contributed by atoms with Gasteiger partial charge in [0.15, 0.2) is 5.78 Å². The summed E-state index contributed by atoms with van der Waals surface area (Å²) in [6.45, 7) is 1.50. The first-order chi connectivity index (χ1) is 9.47. The molecule has 0 aliphatic heterocycles. The highest BCUT2D eigenvalue weighted by Gasteiger charge is 2.11. The van der Waals surface area contributed by atoms with Crippen LogP contribution in [-0.4, -0.2) is 11.7 Å². The van der Waals surface area contributed by atoms with Gasteiger partial charge in [0.1, 0.15) is 0 Å². The molecule has 0 unspecified atom stereocenters. The van der Waals surface area contributed by atoms with Crippen molar-refractivity contribution in [3.8, 4) is 0 Å². The third kappa shape index (κ3) is 3.46. The second-order valence-corrected chi connectivity index (χ2v) is 5.53. The van der Waals surface area contributed by atoms with Crippen LogP contribution in [0.2, 0.25) is 5.02 Å². The Labute approximate surface area is 130 Å². The monoisotopic (exact) mass is 351 g/mol. The van der Waals surface area contributed by atoms with E-state index in [0.29, 0.717) is 21.8 Å². The van der Waals surface area contributed by atoms with Crippen molar-refractivity contribution in [1.29, 1.82) is 0 Å². The fraction of sp³-hybridized carbons (Fsp3) is 0.0667. The molecule has 0 saturated carbocycles. The van der Waals surface area contributed by atoms with Gasteiger partial charge in [-0.05, 0) is 49.4 Å². The molecule has 0 aromatic heterocycles. The maximum atomic E-state index is 12.1. The number of amides is 1. The van der Waals surface area contributed by atoms with E-state index in [1.54, 1.807) is 42.5 Å². The van der Waals surface area contributed by atoms with Crippen LogP contribution in [0.15, 0.2) is 46.9 Å². The van der Waals surface area contributed by atoms with Gasteiger partial charge in [-0.2, -0.15) is 0 Å². The molecule has 0 aliphatic carbocycles. The fourth-order valence-electron chi connectivity index (χ4n) is 1.66. The number of nitrogens with one attached hydrogen (secondary N) is 1. The first-order valence-electron chi connectivity index (χ1n) is 5.85. The summed E-state index contributed by atoms with van der Waals surface area (Å²) < 4.78 is 0.810. The number of rotatable bonds is 3. The smallest absolute Gasteiger partial charge is 0.257 e. The molecule has 102 valence electrons. The van der Waals surface area contributed by atoms with Crippen LogP contribution in [0, 0.1) is 0 Å². The second kappa shape index (κ2) is 6.20. The van der Waals surface area contributed by atoms with Crippen molar-refractivity contribution in [2.45, 2.75) is 6.92 Å². The van der Waals surface area contributed by atoms with Crippen LogP contribution >= 0.6 is 27.5 Å². The summed E-state index contributed by atoms with van der Waals surface area (Å²) in [6, 6.07) is 11.8. The van der Waals surface area contributed by atoms with Gasteiger partial charge in [-0.3, -0.25) is 9.59 Å². The molecule has 2 aromatic carbocycles. The number of benzene rings is 2. The summed E-state index contributed by atoms with van der Waals surface area (Å²) in [5.41, 5.74) is 1.61. The highest BCUT2D eigenvalue weighted by molar-refractivity contribution is 9.10. The normalized spacial score (nSPS) is 10.2. The molecular weight excluding hydrogens is 342 g/mol. The predicted molar refractivity (Wildman–Crippen MR) is 83.6 cm³/mol. The number of halogens is 2. The molecule has 2 rings (SSSR count). The number of carbonyl (C=O) groups excluding carboxylic acids is 2. The highest BCUT2D eigenvalue weighted by atomic mass is 79.9. The van der Waals surface area contributed by atoms with E-state index in [4.69, 9.17) is 11.6 Å². The van der Waals surface area contributed by atoms with Crippen molar-refractivity contribution >= 4 is 44.9 Å². The molecule has 2 aromatic rings. The summed E-state index contributed by atoms with van der Waals surface area (Å²) in [5.74, 6) is -0.308. The van der Waals surface area contributed by atoms with E-state index in [9.17, 15) is 9.59 Å². The Bertz CT molecular complexity index is 668. The van der Waals surface area contributed by atoms with Crippen LogP contribution < -0.4 is 5.32 Å². The molecule has 20 heavy (non-hydrogen) atoms. The zero-order valence-corrected chi connectivity index (χ0v) is 13.0. The quantitative estimate of drug-likeness (QED) is 0.823. The van der Waals surface area contributed by atoms with Crippen molar-refractivity contribution in [1.82, 2.24) is 0 Å². The molecule has 0 atom stereocenters. The molecule has 0 heterocycles. The minimum absolute atomic E-state index is 0.0150. The van der Waals surface area contributed by atoms with Gasteiger partial charge in [-0.1, -0.05) is 27.5 Å². The Morgan fingerprint density at radius 2 is 1.75 bits per heavy atom. The van der Waals surface area contributed by atoms with Crippen molar-refractivity contribution in [2.75, 3.05) is 5.32 Å². The fourth-order valence-corrected chi connectivity index (χ4v) is 2.42. The van der Waals surface area contributed by atoms with E-state index in [-0.39, 0.29) is 11.7 Å². The number of carbonyl (C=O) groups is 2. The molecule has 0 bridgehead atoms. The van der Waals surface area contributed by atoms with Crippen LogP contribution in [0.25, 0.3) is 0 Å². The maximum Gasteiger partial charge on any atom is 0.257 e. The van der Waals surface area contributed by atoms with Gasteiger partial charge in [0.2, 0.25) is 0 Å². The van der Waals surface area contributed by atoms with E-state index < -0.39 is 0 Å². The van der Waals surface area contributed by atoms with Crippen molar-refractivity contribution in [2.24, 2.45) is 0 Å². The van der Waals surface area contributed by atoms with Crippen molar-refractivity contribution in [3.05, 3.63) is 63.1 Å². The van der Waals surface area contributed by atoms with Gasteiger partial charge in [0, 0.05) is 15.7 Å². The van der Waals surface area contributed by atoms with E-state index in [1.807, 2.05) is 0 Å². The molecule has 0 spiro atoms. The number of hydrogen-bond donors (Lipinski definition) is 1. The molecule has 1 amide bonds. The van der Waals surface area contributed by atoms with Gasteiger partial charge in [-0.25, -0.2) is 0 Å². The lowest BCUT2D eigenvalue weighted by molar-refractivity contribution is 0.101. The van der Waals surface area contributed by atoms with E-state index >= 15 is 0 Å². The second-order valence-electron chi connectivity index (χ2n) is 4.21. The Kier molecular flexibility index (Phi) is 4.57. The molecule has 0 radical (unpaired) electrons. The average molecular weight is 353 g/mol. The van der Waals surface area contributed by atoms with Crippen LogP contribution in [-0.2, 0) is 0 Å². The van der Waals surface area contributed by atoms with E-state index in [2.05, 4.69) is 21.2 Å². The Hall–Kier alpha value is -1.65. The SMILES string of the molecule is CC(=O)c1ccc(NC(=O)c2ccc(Br)cc2Cl)cc1. The van der Waals surface area contributed by atoms with Crippen LogP contribution in [0.1, 0.15) is 27.6 Å². The molecule has 5 heteroatoms. The molecule has 3 nitrogen and oxygen atoms in total. The average Bonchev–Trinajstić information content (AvgIpc) is 2.39. The number of Topliss-reactive ketones (excluding diaryl/α,β-unsaturated/α-hetero) is 1. The third-order valence-corrected chi connectivity index (χ3v) is 3.53. The van der Waals surface area contributed by atoms with Gasteiger partial charge >= 0.3 is 0 Å². The molecule has 0 fully saturated rings. The van der Waals surface area contributed by atoms with Crippen LogP contribution in [0.3, 0.4) is 0 Å². The maximum absolute atomic E-state index is 12.1. The van der Waals surface area contributed by atoms with Gasteiger partial charge in [-0.15, -0.1) is 0 Å². The number of ketones is 1. The highest BCUT2D eigenvalue weighted by Crippen LogP contribution is 2.22. The molecule has 1 N–H and O–H groups in total. The Morgan fingerprint density at radius 3 is 2.30 bits per heavy atom. The number of hydrogen-bond acceptors (Lipinski definition) is 2. The lowest BCUT2D eigenvalue weighted by Crippen LogP contribution is -2.12. The first-order valence-corrected chi connectivity index (χ1v) is 7.02. The van der Waals surface area contributed by atoms with E-state index in [1.165, 1.54) is 6.92 Å². The Balaban J connectivity index is 2.17. The third-order valence-electron chi connectivity index (χ3n) is 2.73. The summed E-state index contributed by atoms with van der Waals surface area (Å²) in [5, 5.41) is 3.11. The summed E-state index contributed by atoms with van der Waals surface area (Å²) in [6.07, 6.45) is 0. The summed E-state index contributed by atoms with van der Waals surface area (Å²) in [7, 11) is 0. The topological polar surface area (TPSA) is 46.2 Å². The van der Waals surface area contributed by atoms with Gasteiger partial charge in [0.25, 0.3) is 5.91 Å². The number of anilines is 1. The van der Waals surface area contributed by atoms with Crippen LogP contribution in [0.5, 0.6) is 0 Å². The Morgan fingerprint density at radius 1 is 1.10 bits per heavy atom. The van der Waals surface area contributed by atoms with Crippen LogP contribution in [0.4, 0.5) is 5.69 Å². The van der Waals surface area contributed by atoms with Gasteiger partial charge < -0.3 is 5.32 Å². The van der Waals surface area contributed by atoms with E-state index in [0.717, 1.165) is 4.47 Å². The zero-order valence-electron chi connectivity index (χ0n) is 10.6. The summed E-state index contributed by atoms with van der Waals surface area (Å²) in [4.78, 5) is 23.3. The first kappa shape index (κ1) is 14.8. The van der Waals surface area contributed by atoms with Crippen molar-refractivity contribution in [3.63, 3.8) is 0 Å². The minimum atomic E-state index is -0.293. The lowest BCUT2D eigenvalue weighted by atomic mass is 10.1. The van der Waals surface area contributed by atoms with Gasteiger partial charge in [0.05, 0.1) is 10.6 Å². The molecule has 0 saturated heterocycles.